The van der Waals surface area contributed by atoms with Crippen molar-refractivity contribution in [1.29, 1.82) is 0 Å². The Balaban J connectivity index is 1.95. The molecule has 2 rings (SSSR count). The summed E-state index contributed by atoms with van der Waals surface area (Å²) in [7, 11) is -1.92. The van der Waals surface area contributed by atoms with E-state index in [1.165, 1.54) is 7.11 Å². The van der Waals surface area contributed by atoms with E-state index >= 15 is 0 Å². The minimum Gasteiger partial charge on any atom is -0.383 e. The molecule has 0 saturated carbocycles. The van der Waals surface area contributed by atoms with Crippen LogP contribution in [0.15, 0.2) is 33.7 Å². The van der Waals surface area contributed by atoms with E-state index in [1.54, 1.807) is 24.3 Å². The van der Waals surface area contributed by atoms with Crippen LogP contribution in [-0.2, 0) is 21.0 Å². The number of amides is 1. The Bertz CT molecular complexity index is 784. The minimum absolute atomic E-state index is 0.0606. The van der Waals surface area contributed by atoms with Gasteiger partial charge in [0.05, 0.1) is 17.3 Å². The molecule has 0 spiro atoms. The Labute approximate surface area is 140 Å². The summed E-state index contributed by atoms with van der Waals surface area (Å²) in [6.07, 6.45) is 0.0606. The first-order chi connectivity index (χ1) is 11.4. The summed E-state index contributed by atoms with van der Waals surface area (Å²) in [4.78, 5) is 15.9. The number of ether oxygens (including phenoxy) is 1. The van der Waals surface area contributed by atoms with Crippen molar-refractivity contribution < 1.29 is 22.5 Å². The summed E-state index contributed by atoms with van der Waals surface area (Å²) in [5, 5.41) is 6.17. The van der Waals surface area contributed by atoms with Gasteiger partial charge in [0, 0.05) is 20.1 Å². The average Bonchev–Trinajstić information content (AvgIpc) is 3.03. The molecule has 0 saturated heterocycles. The Hall–Kier alpha value is -2.26. The smallest absolute Gasteiger partial charge is 0.315 e. The molecule has 9 heteroatoms. The average molecular weight is 353 g/mol. The molecule has 0 atom stereocenters. The van der Waals surface area contributed by atoms with Gasteiger partial charge in [-0.3, -0.25) is 4.79 Å². The largest absolute Gasteiger partial charge is 0.383 e. The number of nitrogens with zero attached hydrogens (tertiary/aromatic N) is 2. The summed E-state index contributed by atoms with van der Waals surface area (Å²) in [6, 6.07) is 6.61. The second-order valence-electron chi connectivity index (χ2n) is 5.15. The van der Waals surface area contributed by atoms with Crippen LogP contribution in [0.2, 0.25) is 0 Å². The highest BCUT2D eigenvalue weighted by Crippen LogP contribution is 2.13. The number of carbonyl (C=O) groups excluding carboxylic acids is 1. The summed E-state index contributed by atoms with van der Waals surface area (Å²) < 4.78 is 34.2. The maximum absolute atomic E-state index is 12.3. The van der Waals surface area contributed by atoms with Gasteiger partial charge in [-0.05, 0) is 19.1 Å². The molecule has 8 nitrogen and oxygen atoms in total. The number of sulfone groups is 1. The van der Waals surface area contributed by atoms with Crippen LogP contribution >= 0.6 is 0 Å². The zero-order chi connectivity index (χ0) is 17.6. The molecule has 0 aliphatic rings. The summed E-state index contributed by atoms with van der Waals surface area (Å²) in [6.45, 7) is 2.56. The maximum atomic E-state index is 12.3. The molecule has 0 radical (unpaired) electrons. The molecule has 1 aromatic carbocycles. The van der Waals surface area contributed by atoms with Crippen molar-refractivity contribution in [3.05, 3.63) is 41.5 Å². The molecule has 1 heterocycles. The quantitative estimate of drug-likeness (QED) is 0.698. The van der Waals surface area contributed by atoms with Crippen LogP contribution in [-0.4, -0.2) is 50.5 Å². The number of hydrogen-bond acceptors (Lipinski definition) is 7. The first kappa shape index (κ1) is 18.1. The number of nitrogens with one attached hydrogen (secondary N) is 1. The van der Waals surface area contributed by atoms with E-state index in [9.17, 15) is 13.2 Å². The molecular weight excluding hydrogens is 334 g/mol. The zero-order valence-corrected chi connectivity index (χ0v) is 14.3. The van der Waals surface area contributed by atoms with E-state index in [0.717, 1.165) is 5.56 Å². The number of hydrogen-bond donors (Lipinski definition) is 1. The van der Waals surface area contributed by atoms with Crippen molar-refractivity contribution in [3.63, 3.8) is 0 Å². The topological polar surface area (TPSA) is 111 Å². The Kier molecular flexibility index (Phi) is 6.04. The Morgan fingerprint density at radius 3 is 2.67 bits per heavy atom. The lowest BCUT2D eigenvalue weighted by molar-refractivity contribution is 0.0893. The number of benzene rings is 1. The lowest BCUT2D eigenvalue weighted by atomic mass is 10.2. The van der Waals surface area contributed by atoms with Gasteiger partial charge in [0.25, 0.3) is 0 Å². The molecule has 1 amide bonds. The molecule has 0 fully saturated rings. The predicted molar refractivity (Wildman–Crippen MR) is 85.4 cm³/mol. The minimum atomic E-state index is -3.44. The van der Waals surface area contributed by atoms with Crippen LogP contribution in [0.25, 0.3) is 0 Å². The highest BCUT2D eigenvalue weighted by Gasteiger charge is 2.18. The number of methoxy groups -OCH3 is 1. The Morgan fingerprint density at radius 1 is 1.29 bits per heavy atom. The number of aromatic nitrogens is 2. The van der Waals surface area contributed by atoms with Gasteiger partial charge in [-0.15, -0.1) is 0 Å². The fourth-order valence-electron chi connectivity index (χ4n) is 1.88. The first-order valence-corrected chi connectivity index (χ1v) is 8.97. The van der Waals surface area contributed by atoms with Crippen molar-refractivity contribution in [2.75, 3.05) is 26.0 Å². The fourth-order valence-corrected chi connectivity index (χ4v) is 3.12. The van der Waals surface area contributed by atoms with Crippen LogP contribution in [0.5, 0.6) is 0 Å². The van der Waals surface area contributed by atoms with Gasteiger partial charge < -0.3 is 14.6 Å². The van der Waals surface area contributed by atoms with Gasteiger partial charge in [-0.1, -0.05) is 22.9 Å². The van der Waals surface area contributed by atoms with Gasteiger partial charge >= 0.3 is 11.8 Å². The highest BCUT2D eigenvalue weighted by atomic mass is 32.2. The molecule has 0 aliphatic carbocycles. The van der Waals surface area contributed by atoms with Crippen molar-refractivity contribution in [2.24, 2.45) is 0 Å². The second kappa shape index (κ2) is 8.02. The third-order valence-corrected chi connectivity index (χ3v) is 4.96. The lowest BCUT2D eigenvalue weighted by Gasteiger charge is -2.03. The number of rotatable bonds is 8. The summed E-state index contributed by atoms with van der Waals surface area (Å²) >= 11 is 0. The van der Waals surface area contributed by atoms with Gasteiger partial charge in [0.2, 0.25) is 0 Å². The van der Waals surface area contributed by atoms with E-state index in [4.69, 9.17) is 9.26 Å². The molecule has 2 aromatic rings. The third-order valence-electron chi connectivity index (χ3n) is 3.23. The standard InChI is InChI=1S/C15H19N3O5S/c1-11-3-5-12(6-4-11)24(20,21)10-7-13-17-15(23-18-13)14(19)16-8-9-22-2/h3-6H,7-10H2,1-2H3,(H,16,19). The first-order valence-electron chi connectivity index (χ1n) is 7.31. The molecule has 1 aromatic heterocycles. The van der Waals surface area contributed by atoms with Crippen molar-refractivity contribution in [2.45, 2.75) is 18.2 Å². The van der Waals surface area contributed by atoms with Crippen molar-refractivity contribution in [1.82, 2.24) is 15.5 Å². The molecule has 0 bridgehead atoms. The SMILES string of the molecule is COCCNC(=O)c1nc(CCS(=O)(=O)c2ccc(C)cc2)no1. The molecule has 130 valence electrons. The molecular formula is C15H19N3O5S. The van der Waals surface area contributed by atoms with Gasteiger partial charge in [0.1, 0.15) is 0 Å². The summed E-state index contributed by atoms with van der Waals surface area (Å²) in [5.74, 6) is -0.719. The molecule has 1 N–H and O–H groups in total. The van der Waals surface area contributed by atoms with Crippen LogP contribution in [0.3, 0.4) is 0 Å². The summed E-state index contributed by atoms with van der Waals surface area (Å²) in [5.41, 5.74) is 0.983. The molecule has 0 unspecified atom stereocenters. The fraction of sp³-hybridized carbons (Fsp3) is 0.400. The van der Waals surface area contributed by atoms with Gasteiger partial charge in [0.15, 0.2) is 15.7 Å². The van der Waals surface area contributed by atoms with E-state index in [0.29, 0.717) is 13.2 Å². The van der Waals surface area contributed by atoms with Crippen LogP contribution in [0.1, 0.15) is 22.1 Å². The van der Waals surface area contributed by atoms with E-state index in [2.05, 4.69) is 15.5 Å². The van der Waals surface area contributed by atoms with Crippen molar-refractivity contribution in [3.8, 4) is 0 Å². The van der Waals surface area contributed by atoms with Crippen LogP contribution in [0.4, 0.5) is 0 Å². The van der Waals surface area contributed by atoms with Crippen molar-refractivity contribution >= 4 is 15.7 Å². The van der Waals surface area contributed by atoms with E-state index < -0.39 is 15.7 Å². The molecule has 24 heavy (non-hydrogen) atoms. The molecule has 0 aliphatic heterocycles. The van der Waals surface area contributed by atoms with E-state index in [1.807, 2.05) is 6.92 Å². The van der Waals surface area contributed by atoms with E-state index in [-0.39, 0.29) is 28.8 Å². The highest BCUT2D eigenvalue weighted by molar-refractivity contribution is 7.91. The Morgan fingerprint density at radius 2 is 2.00 bits per heavy atom. The normalized spacial score (nSPS) is 11.4. The van der Waals surface area contributed by atoms with Gasteiger partial charge in [-0.2, -0.15) is 4.98 Å². The van der Waals surface area contributed by atoms with Gasteiger partial charge in [-0.25, -0.2) is 8.42 Å². The second-order valence-corrected chi connectivity index (χ2v) is 7.26. The number of aryl methyl sites for hydroxylation is 2. The monoisotopic (exact) mass is 353 g/mol. The maximum Gasteiger partial charge on any atom is 0.315 e. The van der Waals surface area contributed by atoms with Crippen LogP contribution < -0.4 is 5.32 Å². The van der Waals surface area contributed by atoms with Crippen LogP contribution in [0, 0.1) is 6.92 Å². The number of carbonyl (C=O) groups is 1. The third kappa shape index (κ3) is 4.87. The lowest BCUT2D eigenvalue weighted by Crippen LogP contribution is -2.27. The predicted octanol–water partition coefficient (Wildman–Crippen LogP) is 0.771. The zero-order valence-electron chi connectivity index (χ0n) is 13.5.